The van der Waals surface area contributed by atoms with Gasteiger partial charge in [0.1, 0.15) is 0 Å². The van der Waals surface area contributed by atoms with Crippen LogP contribution in [0.4, 0.5) is 11.4 Å². The molecule has 0 unspecified atom stereocenters. The number of alkyl halides is 1. The van der Waals surface area contributed by atoms with Gasteiger partial charge in [-0.1, -0.05) is 58.4 Å². The smallest absolute Gasteiger partial charge is 0.248 e. The molecule has 4 nitrogen and oxygen atoms in total. The Labute approximate surface area is 154 Å². The van der Waals surface area contributed by atoms with Gasteiger partial charge in [0, 0.05) is 16.3 Å². The largest absolute Gasteiger partial charge is 0.366 e. The van der Waals surface area contributed by atoms with Crippen molar-refractivity contribution in [2.75, 3.05) is 5.33 Å². The summed E-state index contributed by atoms with van der Waals surface area (Å²) in [7, 11) is 0. The second kappa shape index (κ2) is 8.03. The second-order valence-electron chi connectivity index (χ2n) is 5.71. The maximum absolute atomic E-state index is 11.1. The number of amides is 1. The number of aryl methyl sites for hydroxylation is 1. The first-order valence-corrected chi connectivity index (χ1v) is 9.19. The SMILES string of the molecule is BrCCCc1ccccc1.NC(=O)c1cc2c3c(cccc3c1)N=N2. The van der Waals surface area contributed by atoms with E-state index in [0.29, 0.717) is 5.56 Å². The summed E-state index contributed by atoms with van der Waals surface area (Å²) in [5.74, 6) is -0.444. The highest BCUT2D eigenvalue weighted by molar-refractivity contribution is 9.09. The van der Waals surface area contributed by atoms with Gasteiger partial charge in [0.15, 0.2) is 0 Å². The van der Waals surface area contributed by atoms with Crippen LogP contribution in [0.5, 0.6) is 0 Å². The average Bonchev–Trinajstić information content (AvgIpc) is 3.06. The number of halogens is 1. The standard InChI is InChI=1S/C11H7N3O.C9H11Br/c12-11(15)7-4-6-2-1-3-8-10(6)9(5-7)14-13-8;10-8-4-7-9-5-2-1-3-6-9/h1-5H,(H2,12,15);1-3,5-6H,4,7-8H2. The van der Waals surface area contributed by atoms with E-state index in [2.05, 4.69) is 56.5 Å². The molecule has 0 spiro atoms. The van der Waals surface area contributed by atoms with Crippen LogP contribution in [-0.2, 0) is 6.42 Å². The minimum atomic E-state index is -0.444. The van der Waals surface area contributed by atoms with Crippen molar-refractivity contribution in [2.24, 2.45) is 16.0 Å². The quantitative estimate of drug-likeness (QED) is 0.443. The molecule has 0 atom stereocenters. The summed E-state index contributed by atoms with van der Waals surface area (Å²) in [6.07, 6.45) is 2.41. The predicted octanol–water partition coefficient (Wildman–Crippen LogP) is 5.68. The van der Waals surface area contributed by atoms with E-state index < -0.39 is 5.91 Å². The Morgan fingerprint density at radius 3 is 2.44 bits per heavy atom. The fourth-order valence-corrected chi connectivity index (χ4v) is 2.99. The highest BCUT2D eigenvalue weighted by Gasteiger charge is 2.14. The molecule has 1 aliphatic heterocycles. The number of hydrogen-bond donors (Lipinski definition) is 1. The number of azo groups is 1. The highest BCUT2D eigenvalue weighted by atomic mass is 79.9. The van der Waals surface area contributed by atoms with E-state index in [-0.39, 0.29) is 0 Å². The molecule has 0 saturated carbocycles. The van der Waals surface area contributed by atoms with E-state index in [4.69, 9.17) is 5.73 Å². The van der Waals surface area contributed by atoms with E-state index >= 15 is 0 Å². The Hall–Kier alpha value is -2.53. The van der Waals surface area contributed by atoms with Gasteiger partial charge in [-0.25, -0.2) is 0 Å². The van der Waals surface area contributed by atoms with Crippen molar-refractivity contribution in [1.29, 1.82) is 0 Å². The van der Waals surface area contributed by atoms with Gasteiger partial charge >= 0.3 is 0 Å². The third kappa shape index (κ3) is 4.12. The summed E-state index contributed by atoms with van der Waals surface area (Å²) in [6, 6.07) is 19.7. The Morgan fingerprint density at radius 2 is 1.72 bits per heavy atom. The van der Waals surface area contributed by atoms with Crippen molar-refractivity contribution in [3.05, 3.63) is 71.8 Å². The summed E-state index contributed by atoms with van der Waals surface area (Å²) in [4.78, 5) is 11.1. The topological polar surface area (TPSA) is 67.8 Å². The molecule has 0 fully saturated rings. The summed E-state index contributed by atoms with van der Waals surface area (Å²) < 4.78 is 0. The normalized spacial score (nSPS) is 11.2. The molecule has 0 aliphatic carbocycles. The van der Waals surface area contributed by atoms with Gasteiger partial charge in [-0.3, -0.25) is 4.79 Å². The molecule has 3 aromatic carbocycles. The molecule has 1 heterocycles. The molecule has 0 radical (unpaired) electrons. The van der Waals surface area contributed by atoms with E-state index in [0.717, 1.165) is 27.5 Å². The maximum Gasteiger partial charge on any atom is 0.248 e. The third-order valence-electron chi connectivity index (χ3n) is 3.93. The predicted molar refractivity (Wildman–Crippen MR) is 105 cm³/mol. The average molecular weight is 396 g/mol. The maximum atomic E-state index is 11.1. The first-order valence-electron chi connectivity index (χ1n) is 8.07. The summed E-state index contributed by atoms with van der Waals surface area (Å²) in [5, 5.41) is 11.1. The lowest BCUT2D eigenvalue weighted by atomic mass is 10.0. The number of primary amides is 1. The van der Waals surface area contributed by atoms with E-state index in [1.54, 1.807) is 12.1 Å². The molecule has 0 saturated heterocycles. The van der Waals surface area contributed by atoms with Crippen molar-refractivity contribution in [1.82, 2.24) is 0 Å². The zero-order chi connectivity index (χ0) is 17.6. The second-order valence-corrected chi connectivity index (χ2v) is 6.51. The van der Waals surface area contributed by atoms with Gasteiger partial charge in [-0.05, 0) is 42.0 Å². The summed E-state index contributed by atoms with van der Waals surface area (Å²) in [5.41, 5.74) is 8.70. The van der Waals surface area contributed by atoms with Crippen LogP contribution in [-0.4, -0.2) is 11.2 Å². The molecule has 25 heavy (non-hydrogen) atoms. The summed E-state index contributed by atoms with van der Waals surface area (Å²) >= 11 is 3.41. The zero-order valence-corrected chi connectivity index (χ0v) is 15.2. The van der Waals surface area contributed by atoms with E-state index in [1.807, 2.05) is 18.2 Å². The van der Waals surface area contributed by atoms with Gasteiger partial charge in [0.05, 0.1) is 11.4 Å². The van der Waals surface area contributed by atoms with E-state index in [1.165, 1.54) is 18.4 Å². The Morgan fingerprint density at radius 1 is 0.960 bits per heavy atom. The molecule has 0 bridgehead atoms. The fraction of sp³-hybridized carbons (Fsp3) is 0.150. The van der Waals surface area contributed by atoms with Crippen LogP contribution < -0.4 is 5.73 Å². The van der Waals surface area contributed by atoms with Crippen LogP contribution in [0.15, 0.2) is 70.9 Å². The molecular weight excluding hydrogens is 378 g/mol. The third-order valence-corrected chi connectivity index (χ3v) is 4.49. The van der Waals surface area contributed by atoms with Crippen LogP contribution in [0.2, 0.25) is 0 Å². The van der Waals surface area contributed by atoms with Crippen LogP contribution in [0.1, 0.15) is 22.3 Å². The molecule has 3 aromatic rings. The lowest BCUT2D eigenvalue weighted by molar-refractivity contribution is 0.100. The molecule has 5 heteroatoms. The van der Waals surface area contributed by atoms with Crippen LogP contribution in [0.3, 0.4) is 0 Å². The molecule has 4 rings (SSSR count). The Bertz CT molecular complexity index is 923. The molecule has 0 aromatic heterocycles. The number of nitrogens with zero attached hydrogens (tertiary/aromatic N) is 2. The Balaban J connectivity index is 0.000000160. The van der Waals surface area contributed by atoms with Crippen molar-refractivity contribution in [3.63, 3.8) is 0 Å². The van der Waals surface area contributed by atoms with E-state index in [9.17, 15) is 4.79 Å². The van der Waals surface area contributed by atoms with Crippen LogP contribution >= 0.6 is 15.9 Å². The number of nitrogens with two attached hydrogens (primary N) is 1. The molecule has 1 amide bonds. The van der Waals surface area contributed by atoms with Crippen LogP contribution in [0.25, 0.3) is 10.8 Å². The van der Waals surface area contributed by atoms with Gasteiger partial charge < -0.3 is 5.73 Å². The number of carbonyl (C=O) groups excluding carboxylic acids is 1. The van der Waals surface area contributed by atoms with Crippen molar-refractivity contribution < 1.29 is 4.79 Å². The van der Waals surface area contributed by atoms with Gasteiger partial charge in [-0.15, -0.1) is 10.2 Å². The lowest BCUT2D eigenvalue weighted by Crippen LogP contribution is -2.10. The highest BCUT2D eigenvalue weighted by Crippen LogP contribution is 2.40. The molecular formula is C20H18BrN3O. The van der Waals surface area contributed by atoms with Gasteiger partial charge in [0.25, 0.3) is 0 Å². The van der Waals surface area contributed by atoms with Crippen molar-refractivity contribution in [2.45, 2.75) is 12.8 Å². The summed E-state index contributed by atoms with van der Waals surface area (Å²) in [6.45, 7) is 0. The first kappa shape index (κ1) is 17.3. The Kier molecular flexibility index (Phi) is 5.56. The van der Waals surface area contributed by atoms with Crippen LogP contribution in [0, 0.1) is 0 Å². The van der Waals surface area contributed by atoms with Gasteiger partial charge in [0.2, 0.25) is 5.91 Å². The van der Waals surface area contributed by atoms with Gasteiger partial charge in [-0.2, -0.15) is 0 Å². The lowest BCUT2D eigenvalue weighted by Gasteiger charge is -2.01. The van der Waals surface area contributed by atoms with Crippen molar-refractivity contribution in [3.8, 4) is 0 Å². The first-order chi connectivity index (χ1) is 12.2. The monoisotopic (exact) mass is 395 g/mol. The zero-order valence-electron chi connectivity index (χ0n) is 13.7. The minimum absolute atomic E-state index is 0.444. The fourth-order valence-electron chi connectivity index (χ4n) is 2.71. The molecule has 1 aliphatic rings. The van der Waals surface area contributed by atoms with Crippen molar-refractivity contribution >= 4 is 44.0 Å². The molecule has 2 N–H and O–H groups in total. The number of benzene rings is 3. The number of hydrogen-bond acceptors (Lipinski definition) is 3. The number of rotatable bonds is 4. The minimum Gasteiger partial charge on any atom is -0.366 e. The number of carbonyl (C=O) groups is 1. The molecule has 126 valence electrons.